The van der Waals surface area contributed by atoms with Crippen molar-refractivity contribution in [3.05, 3.63) is 12.2 Å². The van der Waals surface area contributed by atoms with Gasteiger partial charge in [0.25, 0.3) is 0 Å². The van der Waals surface area contributed by atoms with Crippen LogP contribution in [-0.4, -0.2) is 49.3 Å². The molecule has 4 nitrogen and oxygen atoms in total. The Balaban J connectivity index is 0.000000226. The summed E-state index contributed by atoms with van der Waals surface area (Å²) >= 11 is 0. The molecule has 0 amide bonds. The lowest BCUT2D eigenvalue weighted by molar-refractivity contribution is -0.131. The van der Waals surface area contributed by atoms with Crippen molar-refractivity contribution in [1.82, 2.24) is 4.90 Å². The lowest BCUT2D eigenvalue weighted by Crippen LogP contribution is -2.32. The number of nitrogens with zero attached hydrogens (tertiary/aromatic N) is 1. The third-order valence-corrected chi connectivity index (χ3v) is 1.54. The van der Waals surface area contributed by atoms with Gasteiger partial charge in [-0.25, -0.2) is 4.79 Å². The van der Waals surface area contributed by atoms with E-state index < -0.39 is 5.97 Å². The molecule has 0 spiro atoms. The molecule has 0 bridgehead atoms. The van der Waals surface area contributed by atoms with Gasteiger partial charge in [0.1, 0.15) is 0 Å². The second kappa shape index (κ2) is 7.76. The molecule has 0 aromatic carbocycles. The molecule has 1 aliphatic rings. The highest BCUT2D eigenvalue weighted by Crippen LogP contribution is 1.89. The van der Waals surface area contributed by atoms with Gasteiger partial charge in [-0.05, 0) is 14.0 Å². The molecule has 0 aromatic rings. The summed E-state index contributed by atoms with van der Waals surface area (Å²) in [5, 5.41) is 7.83. The van der Waals surface area contributed by atoms with Gasteiger partial charge in [-0.3, -0.25) is 0 Å². The Hall–Kier alpha value is -0.870. The van der Waals surface area contributed by atoms with Crippen molar-refractivity contribution in [3.63, 3.8) is 0 Å². The van der Waals surface area contributed by atoms with Gasteiger partial charge < -0.3 is 14.7 Å². The second-order valence-electron chi connectivity index (χ2n) is 2.75. The molecule has 0 unspecified atom stereocenters. The summed E-state index contributed by atoms with van der Waals surface area (Å²) in [5.41, 5.74) is 0. The van der Waals surface area contributed by atoms with Gasteiger partial charge in [0.2, 0.25) is 0 Å². The van der Waals surface area contributed by atoms with Gasteiger partial charge in [0, 0.05) is 19.2 Å². The Morgan fingerprint density at radius 3 is 2.15 bits per heavy atom. The van der Waals surface area contributed by atoms with E-state index in [1.54, 1.807) is 6.92 Å². The van der Waals surface area contributed by atoms with Crippen LogP contribution in [0.25, 0.3) is 0 Å². The number of hydrogen-bond donors (Lipinski definition) is 1. The highest BCUT2D eigenvalue weighted by atomic mass is 16.5. The van der Waals surface area contributed by atoms with Crippen molar-refractivity contribution in [2.45, 2.75) is 6.92 Å². The number of carbonyl (C=O) groups is 1. The molecule has 1 saturated heterocycles. The quantitative estimate of drug-likeness (QED) is 0.611. The second-order valence-corrected chi connectivity index (χ2v) is 2.75. The van der Waals surface area contributed by atoms with Gasteiger partial charge in [-0.1, -0.05) is 6.08 Å². The standard InChI is InChI=1S/C5H11NO.C4H6O2/c1-6-2-4-7-5-3-6;1-2-3-4(5)6/h2-5H2,1H3;2-3H,1H3,(H,5,6). The molecule has 0 aliphatic carbocycles. The summed E-state index contributed by atoms with van der Waals surface area (Å²) in [6, 6.07) is 0. The first kappa shape index (κ1) is 12.1. The van der Waals surface area contributed by atoms with Crippen molar-refractivity contribution in [2.24, 2.45) is 0 Å². The van der Waals surface area contributed by atoms with Crippen LogP contribution in [-0.2, 0) is 9.53 Å². The molecule has 0 aromatic heterocycles. The minimum Gasteiger partial charge on any atom is -0.478 e. The Labute approximate surface area is 78.8 Å². The predicted octanol–water partition coefficient (Wildman–Crippen LogP) is 0.596. The molecular formula is C9H17NO3. The van der Waals surface area contributed by atoms with Crippen LogP contribution >= 0.6 is 0 Å². The molecule has 1 N–H and O–H groups in total. The van der Waals surface area contributed by atoms with Crippen molar-refractivity contribution >= 4 is 5.97 Å². The van der Waals surface area contributed by atoms with Gasteiger partial charge in [0.15, 0.2) is 0 Å². The van der Waals surface area contributed by atoms with Crippen LogP contribution in [0.15, 0.2) is 12.2 Å². The molecule has 1 heterocycles. The van der Waals surface area contributed by atoms with Crippen LogP contribution in [0, 0.1) is 0 Å². The van der Waals surface area contributed by atoms with Gasteiger partial charge in [0.05, 0.1) is 13.2 Å². The Morgan fingerprint density at radius 1 is 1.46 bits per heavy atom. The summed E-state index contributed by atoms with van der Waals surface area (Å²) in [6.45, 7) is 5.68. The topological polar surface area (TPSA) is 49.8 Å². The van der Waals surface area contributed by atoms with Crippen LogP contribution in [0.4, 0.5) is 0 Å². The monoisotopic (exact) mass is 187 g/mol. The lowest BCUT2D eigenvalue weighted by atomic mass is 10.5. The number of carboxylic acid groups (broad SMARTS) is 1. The largest absolute Gasteiger partial charge is 0.478 e. The zero-order valence-electron chi connectivity index (χ0n) is 8.19. The zero-order chi connectivity index (χ0) is 10.1. The average Bonchev–Trinajstić information content (AvgIpc) is 2.06. The average molecular weight is 187 g/mol. The third kappa shape index (κ3) is 9.04. The molecular weight excluding hydrogens is 170 g/mol. The van der Waals surface area contributed by atoms with Crippen LogP contribution in [0.5, 0.6) is 0 Å². The number of aliphatic carboxylic acids is 1. The van der Waals surface area contributed by atoms with E-state index in [4.69, 9.17) is 9.84 Å². The minimum atomic E-state index is -0.891. The fraction of sp³-hybridized carbons (Fsp3) is 0.667. The first-order chi connectivity index (χ1) is 6.16. The van der Waals surface area contributed by atoms with E-state index >= 15 is 0 Å². The minimum absolute atomic E-state index is 0.891. The maximum atomic E-state index is 9.51. The number of morpholine rings is 1. The molecule has 4 heteroatoms. The molecule has 0 atom stereocenters. The number of rotatable bonds is 1. The Morgan fingerprint density at radius 2 is 2.00 bits per heavy atom. The van der Waals surface area contributed by atoms with Crippen LogP contribution in [0.2, 0.25) is 0 Å². The third-order valence-electron chi connectivity index (χ3n) is 1.54. The first-order valence-electron chi connectivity index (χ1n) is 4.28. The first-order valence-corrected chi connectivity index (χ1v) is 4.28. The number of ether oxygens (including phenoxy) is 1. The number of likely N-dealkylation sites (N-methyl/N-ethyl adjacent to an activating group) is 1. The van der Waals surface area contributed by atoms with E-state index in [1.807, 2.05) is 0 Å². The van der Waals surface area contributed by atoms with Crippen molar-refractivity contribution in [1.29, 1.82) is 0 Å². The summed E-state index contributed by atoms with van der Waals surface area (Å²) in [7, 11) is 2.11. The molecule has 1 aliphatic heterocycles. The normalized spacial score (nSPS) is 18.0. The molecule has 0 saturated carbocycles. The number of allylic oxidation sites excluding steroid dienone is 1. The number of carboxylic acids is 1. The van der Waals surface area contributed by atoms with Crippen LogP contribution in [0.3, 0.4) is 0 Å². The molecule has 1 fully saturated rings. The van der Waals surface area contributed by atoms with Crippen LogP contribution < -0.4 is 0 Å². The maximum absolute atomic E-state index is 9.51. The molecule has 76 valence electrons. The van der Waals surface area contributed by atoms with Crippen molar-refractivity contribution < 1.29 is 14.6 Å². The van der Waals surface area contributed by atoms with Crippen molar-refractivity contribution in [2.75, 3.05) is 33.4 Å². The summed E-state index contributed by atoms with van der Waals surface area (Å²) in [5.74, 6) is -0.891. The van der Waals surface area contributed by atoms with E-state index in [2.05, 4.69) is 11.9 Å². The predicted molar refractivity (Wildman–Crippen MR) is 50.8 cm³/mol. The fourth-order valence-electron chi connectivity index (χ4n) is 0.797. The lowest BCUT2D eigenvalue weighted by Gasteiger charge is -2.21. The SMILES string of the molecule is CC=CC(=O)O.CN1CCOCC1. The van der Waals surface area contributed by atoms with Gasteiger partial charge in [-0.2, -0.15) is 0 Å². The van der Waals surface area contributed by atoms with Gasteiger partial charge in [-0.15, -0.1) is 0 Å². The van der Waals surface area contributed by atoms with E-state index in [-0.39, 0.29) is 0 Å². The molecule has 13 heavy (non-hydrogen) atoms. The van der Waals surface area contributed by atoms with Crippen molar-refractivity contribution in [3.8, 4) is 0 Å². The highest BCUT2D eigenvalue weighted by molar-refractivity contribution is 5.79. The smallest absolute Gasteiger partial charge is 0.327 e. The number of hydrogen-bond acceptors (Lipinski definition) is 3. The molecule has 1 rings (SSSR count). The zero-order valence-corrected chi connectivity index (χ0v) is 8.19. The Kier molecular flexibility index (Phi) is 7.24. The Bertz CT molecular complexity index is 162. The van der Waals surface area contributed by atoms with Crippen LogP contribution in [0.1, 0.15) is 6.92 Å². The van der Waals surface area contributed by atoms with E-state index in [0.29, 0.717) is 0 Å². The summed E-state index contributed by atoms with van der Waals surface area (Å²) < 4.78 is 5.10. The van der Waals surface area contributed by atoms with Gasteiger partial charge >= 0.3 is 5.97 Å². The maximum Gasteiger partial charge on any atom is 0.327 e. The van der Waals surface area contributed by atoms with E-state index in [9.17, 15) is 4.79 Å². The van der Waals surface area contributed by atoms with E-state index in [0.717, 1.165) is 32.4 Å². The fourth-order valence-corrected chi connectivity index (χ4v) is 0.797. The molecule has 0 radical (unpaired) electrons. The summed E-state index contributed by atoms with van der Waals surface area (Å²) in [4.78, 5) is 11.8. The summed E-state index contributed by atoms with van der Waals surface area (Å²) in [6.07, 6.45) is 2.56. The van der Waals surface area contributed by atoms with E-state index in [1.165, 1.54) is 6.08 Å². The highest BCUT2D eigenvalue weighted by Gasteiger charge is 2.02.